The van der Waals surface area contributed by atoms with E-state index in [0.29, 0.717) is 18.3 Å². The summed E-state index contributed by atoms with van der Waals surface area (Å²) in [6.45, 7) is 0.539. The van der Waals surface area contributed by atoms with Gasteiger partial charge in [-0.1, -0.05) is 5.16 Å². The van der Waals surface area contributed by atoms with Gasteiger partial charge in [0.05, 0.1) is 6.54 Å². The molecule has 4 N–H and O–H groups in total. The first-order valence-corrected chi connectivity index (χ1v) is 4.31. The summed E-state index contributed by atoms with van der Waals surface area (Å²) in [5, 5.41) is 6.81. The Hall–Kier alpha value is -2.15. The van der Waals surface area contributed by atoms with E-state index in [4.69, 9.17) is 10.4 Å². The van der Waals surface area contributed by atoms with E-state index in [0.717, 1.165) is 5.69 Å². The van der Waals surface area contributed by atoms with E-state index < -0.39 is 0 Å². The smallest absolute Gasteiger partial charge is 0.239 e. The first-order chi connectivity index (χ1) is 7.38. The Labute approximate surface area is 85.7 Å². The van der Waals surface area contributed by atoms with Crippen LogP contribution >= 0.6 is 0 Å². The predicted molar refractivity (Wildman–Crippen MR) is 53.7 cm³/mol. The van der Waals surface area contributed by atoms with Crippen molar-refractivity contribution in [3.05, 3.63) is 30.3 Å². The maximum atomic E-state index is 5.18. The van der Waals surface area contributed by atoms with Crippen LogP contribution < -0.4 is 16.6 Å². The van der Waals surface area contributed by atoms with E-state index >= 15 is 0 Å². The molecular weight excluding hydrogens is 196 g/mol. The van der Waals surface area contributed by atoms with E-state index in [1.165, 1.54) is 6.26 Å². The summed E-state index contributed by atoms with van der Waals surface area (Å²) in [5.74, 6) is 6.21. The van der Waals surface area contributed by atoms with Gasteiger partial charge in [0.2, 0.25) is 5.95 Å². The molecule has 0 amide bonds. The maximum Gasteiger partial charge on any atom is 0.239 e. The Morgan fingerprint density at radius 1 is 1.40 bits per heavy atom. The van der Waals surface area contributed by atoms with Gasteiger partial charge in [0.1, 0.15) is 17.8 Å². The van der Waals surface area contributed by atoms with Crippen LogP contribution in [0.5, 0.6) is 0 Å². The molecule has 0 fully saturated rings. The van der Waals surface area contributed by atoms with Crippen LogP contribution in [0.25, 0.3) is 0 Å². The van der Waals surface area contributed by atoms with E-state index in [-0.39, 0.29) is 0 Å². The first-order valence-electron chi connectivity index (χ1n) is 4.31. The second kappa shape index (κ2) is 4.38. The third kappa shape index (κ3) is 2.41. The molecule has 0 aliphatic carbocycles. The maximum absolute atomic E-state index is 5.18. The minimum Gasteiger partial charge on any atom is -0.364 e. The highest BCUT2D eigenvalue weighted by molar-refractivity contribution is 5.38. The third-order valence-corrected chi connectivity index (χ3v) is 1.73. The van der Waals surface area contributed by atoms with Gasteiger partial charge in [-0.05, 0) is 6.07 Å². The van der Waals surface area contributed by atoms with Crippen LogP contribution in [0.3, 0.4) is 0 Å². The van der Waals surface area contributed by atoms with Crippen molar-refractivity contribution < 1.29 is 4.52 Å². The Kier molecular flexibility index (Phi) is 2.75. The second-order valence-electron chi connectivity index (χ2n) is 2.75. The van der Waals surface area contributed by atoms with Crippen LogP contribution in [0.4, 0.5) is 11.8 Å². The lowest BCUT2D eigenvalue weighted by atomic mass is 10.4. The van der Waals surface area contributed by atoms with Crippen molar-refractivity contribution in [2.75, 3.05) is 10.7 Å². The molecule has 7 heteroatoms. The topological polar surface area (TPSA) is 102 Å². The number of hydrazine groups is 1. The van der Waals surface area contributed by atoms with E-state index in [2.05, 4.69) is 25.9 Å². The number of hydrogen-bond donors (Lipinski definition) is 3. The summed E-state index contributed by atoms with van der Waals surface area (Å²) in [6, 6.07) is 3.51. The van der Waals surface area contributed by atoms with Gasteiger partial charge >= 0.3 is 0 Å². The molecule has 0 aliphatic heterocycles. The predicted octanol–water partition coefficient (Wildman–Crippen LogP) is 0.362. The molecule has 2 heterocycles. The van der Waals surface area contributed by atoms with Crippen molar-refractivity contribution in [2.45, 2.75) is 6.54 Å². The van der Waals surface area contributed by atoms with Crippen molar-refractivity contribution in [2.24, 2.45) is 5.84 Å². The van der Waals surface area contributed by atoms with Crippen LogP contribution in [0.15, 0.2) is 29.1 Å². The Morgan fingerprint density at radius 3 is 3.07 bits per heavy atom. The Morgan fingerprint density at radius 2 is 2.33 bits per heavy atom. The molecule has 0 aliphatic rings. The zero-order chi connectivity index (χ0) is 10.5. The summed E-state index contributed by atoms with van der Waals surface area (Å²) in [5.41, 5.74) is 3.17. The van der Waals surface area contributed by atoms with Gasteiger partial charge in [0.25, 0.3) is 0 Å². The van der Waals surface area contributed by atoms with Gasteiger partial charge in [0.15, 0.2) is 0 Å². The lowest BCUT2D eigenvalue weighted by molar-refractivity contribution is 0.412. The van der Waals surface area contributed by atoms with Gasteiger partial charge in [-0.15, -0.1) is 0 Å². The van der Waals surface area contributed by atoms with Crippen molar-refractivity contribution in [1.29, 1.82) is 0 Å². The van der Waals surface area contributed by atoms with Crippen LogP contribution in [0.1, 0.15) is 5.69 Å². The fourth-order valence-corrected chi connectivity index (χ4v) is 1.04. The van der Waals surface area contributed by atoms with E-state index in [1.807, 2.05) is 0 Å². The number of nitrogen functional groups attached to an aromatic ring is 1. The second-order valence-corrected chi connectivity index (χ2v) is 2.75. The first kappa shape index (κ1) is 9.41. The molecule has 0 saturated heterocycles. The Balaban J connectivity index is 1.98. The quantitative estimate of drug-likeness (QED) is 0.490. The lowest BCUT2D eigenvalue weighted by Crippen LogP contribution is -2.11. The molecule has 7 nitrogen and oxygen atoms in total. The van der Waals surface area contributed by atoms with Crippen molar-refractivity contribution in [1.82, 2.24) is 15.1 Å². The molecule has 2 aromatic rings. The van der Waals surface area contributed by atoms with Crippen molar-refractivity contribution in [3.8, 4) is 0 Å². The van der Waals surface area contributed by atoms with Crippen LogP contribution in [-0.2, 0) is 6.54 Å². The number of rotatable bonds is 4. The number of nitrogens with two attached hydrogens (primary N) is 1. The van der Waals surface area contributed by atoms with Gasteiger partial charge in [-0.2, -0.15) is 4.98 Å². The average Bonchev–Trinajstić information content (AvgIpc) is 2.79. The van der Waals surface area contributed by atoms with E-state index in [9.17, 15) is 0 Å². The SMILES string of the molecule is NNc1nccc(NCc2ccon2)n1. The number of anilines is 2. The van der Waals surface area contributed by atoms with Gasteiger partial charge in [-0.25, -0.2) is 10.8 Å². The number of nitrogens with one attached hydrogen (secondary N) is 2. The minimum atomic E-state index is 0.361. The molecule has 0 bridgehead atoms. The normalized spacial score (nSPS) is 9.93. The molecule has 0 atom stereocenters. The summed E-state index contributed by atoms with van der Waals surface area (Å²) in [4.78, 5) is 7.96. The summed E-state index contributed by atoms with van der Waals surface area (Å²) < 4.78 is 4.69. The van der Waals surface area contributed by atoms with E-state index in [1.54, 1.807) is 18.3 Å². The monoisotopic (exact) mass is 206 g/mol. The Bertz CT molecular complexity index is 415. The summed E-state index contributed by atoms with van der Waals surface area (Å²) >= 11 is 0. The minimum absolute atomic E-state index is 0.361. The lowest BCUT2D eigenvalue weighted by Gasteiger charge is -2.03. The summed E-state index contributed by atoms with van der Waals surface area (Å²) in [6.07, 6.45) is 3.12. The van der Waals surface area contributed by atoms with Crippen molar-refractivity contribution >= 4 is 11.8 Å². The van der Waals surface area contributed by atoms with Crippen LogP contribution in [-0.4, -0.2) is 15.1 Å². The molecule has 0 radical (unpaired) electrons. The number of aromatic nitrogens is 3. The van der Waals surface area contributed by atoms with Crippen LogP contribution in [0, 0.1) is 0 Å². The molecule has 2 aromatic heterocycles. The van der Waals surface area contributed by atoms with Crippen molar-refractivity contribution in [3.63, 3.8) is 0 Å². The highest BCUT2D eigenvalue weighted by Crippen LogP contribution is 2.06. The zero-order valence-electron chi connectivity index (χ0n) is 7.84. The highest BCUT2D eigenvalue weighted by atomic mass is 16.5. The average molecular weight is 206 g/mol. The number of nitrogens with zero attached hydrogens (tertiary/aromatic N) is 3. The van der Waals surface area contributed by atoms with Gasteiger partial charge < -0.3 is 9.84 Å². The molecule has 78 valence electrons. The van der Waals surface area contributed by atoms with Gasteiger partial charge in [-0.3, -0.25) is 5.43 Å². The highest BCUT2D eigenvalue weighted by Gasteiger charge is 1.99. The molecule has 0 unspecified atom stereocenters. The molecule has 0 aromatic carbocycles. The zero-order valence-corrected chi connectivity index (χ0v) is 7.84. The van der Waals surface area contributed by atoms with Gasteiger partial charge in [0, 0.05) is 12.3 Å². The fourth-order valence-electron chi connectivity index (χ4n) is 1.04. The molecule has 0 spiro atoms. The molecule has 0 saturated carbocycles. The standard InChI is InChI=1S/C8H10N6O/c9-13-8-10-3-1-7(12-8)11-5-6-2-4-15-14-6/h1-4H,5,9H2,(H2,10,11,12,13). The summed E-state index contributed by atoms with van der Waals surface area (Å²) in [7, 11) is 0. The third-order valence-electron chi connectivity index (χ3n) is 1.73. The molecular formula is C8H10N6O. The van der Waals surface area contributed by atoms with Crippen LogP contribution in [0.2, 0.25) is 0 Å². The molecule has 15 heavy (non-hydrogen) atoms. The fraction of sp³-hybridized carbons (Fsp3) is 0.125. The number of hydrogen-bond acceptors (Lipinski definition) is 7. The molecule has 2 rings (SSSR count). The largest absolute Gasteiger partial charge is 0.364 e.